The molecule has 1 rings (SSSR count). The molecule has 1 unspecified atom stereocenters. The first-order valence-electron chi connectivity index (χ1n) is 6.19. The van der Waals surface area contributed by atoms with E-state index in [9.17, 15) is 14.7 Å². The maximum atomic E-state index is 11.7. The first kappa shape index (κ1) is 17.5. The molecule has 21 heavy (non-hydrogen) atoms. The topological polar surface area (TPSA) is 84.9 Å². The number of hydrogen-bond donors (Lipinski definition) is 2. The SMILES string of the molecule is COC(=O)C(O)c1ccc(Br)c(NC(=O)OC(C)(C)C)c1. The number of rotatable bonds is 3. The van der Waals surface area contributed by atoms with Gasteiger partial charge in [-0.2, -0.15) is 0 Å². The number of carbonyl (C=O) groups excluding carboxylic acids is 2. The summed E-state index contributed by atoms with van der Waals surface area (Å²) in [7, 11) is 1.18. The van der Waals surface area contributed by atoms with Crippen LogP contribution in [0.1, 0.15) is 32.4 Å². The van der Waals surface area contributed by atoms with Crippen LogP contribution in [0.5, 0.6) is 0 Å². The van der Waals surface area contributed by atoms with E-state index in [1.54, 1.807) is 32.9 Å². The zero-order valence-electron chi connectivity index (χ0n) is 12.3. The van der Waals surface area contributed by atoms with Gasteiger partial charge in [-0.25, -0.2) is 9.59 Å². The van der Waals surface area contributed by atoms with Crippen LogP contribution in [0.3, 0.4) is 0 Å². The summed E-state index contributed by atoms with van der Waals surface area (Å²) < 4.78 is 10.2. The molecule has 0 radical (unpaired) electrons. The monoisotopic (exact) mass is 359 g/mol. The van der Waals surface area contributed by atoms with Crippen LogP contribution in [0.15, 0.2) is 22.7 Å². The van der Waals surface area contributed by atoms with E-state index in [1.807, 2.05) is 0 Å². The van der Waals surface area contributed by atoms with Gasteiger partial charge in [-0.3, -0.25) is 5.32 Å². The van der Waals surface area contributed by atoms with Gasteiger partial charge in [-0.1, -0.05) is 6.07 Å². The third-order valence-corrected chi connectivity index (χ3v) is 3.06. The molecular formula is C14H18BrNO5. The van der Waals surface area contributed by atoms with Crippen molar-refractivity contribution in [2.75, 3.05) is 12.4 Å². The van der Waals surface area contributed by atoms with Crippen LogP contribution in [0.25, 0.3) is 0 Å². The van der Waals surface area contributed by atoms with Gasteiger partial charge in [0.15, 0.2) is 6.10 Å². The van der Waals surface area contributed by atoms with Crippen LogP contribution in [-0.2, 0) is 14.3 Å². The highest BCUT2D eigenvalue weighted by Crippen LogP contribution is 2.27. The van der Waals surface area contributed by atoms with E-state index in [-0.39, 0.29) is 0 Å². The Bertz CT molecular complexity index is 539. The minimum atomic E-state index is -1.41. The lowest BCUT2D eigenvalue weighted by molar-refractivity contribution is -0.150. The quantitative estimate of drug-likeness (QED) is 0.810. The number of carbonyl (C=O) groups is 2. The fourth-order valence-electron chi connectivity index (χ4n) is 1.47. The minimum absolute atomic E-state index is 0.302. The van der Waals surface area contributed by atoms with Crippen LogP contribution in [0.4, 0.5) is 10.5 Å². The van der Waals surface area contributed by atoms with Crippen molar-refractivity contribution in [3.63, 3.8) is 0 Å². The Hall–Kier alpha value is -1.60. The number of hydrogen-bond acceptors (Lipinski definition) is 5. The summed E-state index contributed by atoms with van der Waals surface area (Å²) in [4.78, 5) is 23.1. The van der Waals surface area contributed by atoms with Crippen molar-refractivity contribution >= 4 is 33.7 Å². The third kappa shape index (κ3) is 5.35. The van der Waals surface area contributed by atoms with Crippen molar-refractivity contribution < 1.29 is 24.2 Å². The summed E-state index contributed by atoms with van der Waals surface area (Å²) in [6, 6.07) is 4.62. The number of esters is 1. The summed E-state index contributed by atoms with van der Waals surface area (Å²) in [6.45, 7) is 5.25. The molecule has 1 aromatic carbocycles. The predicted molar refractivity (Wildman–Crippen MR) is 81.0 cm³/mol. The number of aliphatic hydroxyl groups is 1. The Labute approximate surface area is 131 Å². The molecule has 7 heteroatoms. The van der Waals surface area contributed by atoms with Crippen molar-refractivity contribution in [2.45, 2.75) is 32.5 Å². The highest BCUT2D eigenvalue weighted by atomic mass is 79.9. The lowest BCUT2D eigenvalue weighted by atomic mass is 10.1. The zero-order chi connectivity index (χ0) is 16.2. The normalized spacial score (nSPS) is 12.5. The Kier molecular flexibility index (Phi) is 5.74. The summed E-state index contributed by atoms with van der Waals surface area (Å²) in [5.41, 5.74) is 0.0560. The second-order valence-electron chi connectivity index (χ2n) is 5.29. The molecule has 0 saturated carbocycles. The summed E-state index contributed by atoms with van der Waals surface area (Å²) in [6.07, 6.45) is -2.05. The highest BCUT2D eigenvalue weighted by Gasteiger charge is 2.21. The molecule has 0 heterocycles. The highest BCUT2D eigenvalue weighted by molar-refractivity contribution is 9.10. The van der Waals surface area contributed by atoms with Gasteiger partial charge in [0.1, 0.15) is 5.60 Å². The van der Waals surface area contributed by atoms with Crippen molar-refractivity contribution in [3.8, 4) is 0 Å². The van der Waals surface area contributed by atoms with E-state index in [4.69, 9.17) is 4.74 Å². The number of ether oxygens (including phenoxy) is 2. The van der Waals surface area contributed by atoms with Gasteiger partial charge in [0.25, 0.3) is 0 Å². The van der Waals surface area contributed by atoms with Crippen LogP contribution in [0, 0.1) is 0 Å². The van der Waals surface area contributed by atoms with E-state index in [0.717, 1.165) is 0 Å². The fraction of sp³-hybridized carbons (Fsp3) is 0.429. The molecule has 0 spiro atoms. The van der Waals surface area contributed by atoms with E-state index in [1.165, 1.54) is 13.2 Å². The third-order valence-electron chi connectivity index (χ3n) is 2.37. The Balaban J connectivity index is 2.93. The van der Waals surface area contributed by atoms with E-state index in [0.29, 0.717) is 15.7 Å². The van der Waals surface area contributed by atoms with Crippen molar-refractivity contribution in [2.24, 2.45) is 0 Å². The molecule has 0 aliphatic rings. The average Bonchev–Trinajstić information content (AvgIpc) is 2.37. The first-order chi connectivity index (χ1) is 9.64. The molecule has 1 atom stereocenters. The minimum Gasteiger partial charge on any atom is -0.467 e. The lowest BCUT2D eigenvalue weighted by Gasteiger charge is -2.20. The predicted octanol–water partition coefficient (Wildman–Crippen LogP) is 3.00. The maximum absolute atomic E-state index is 11.7. The second-order valence-corrected chi connectivity index (χ2v) is 6.15. The number of aliphatic hydroxyl groups excluding tert-OH is 1. The summed E-state index contributed by atoms with van der Waals surface area (Å²) in [5, 5.41) is 12.3. The van der Waals surface area contributed by atoms with E-state index < -0.39 is 23.8 Å². The molecule has 116 valence electrons. The van der Waals surface area contributed by atoms with E-state index in [2.05, 4.69) is 26.0 Å². The van der Waals surface area contributed by atoms with Gasteiger partial charge in [0.05, 0.1) is 12.8 Å². The molecule has 1 amide bonds. The van der Waals surface area contributed by atoms with Crippen LogP contribution in [0.2, 0.25) is 0 Å². The van der Waals surface area contributed by atoms with Gasteiger partial charge in [0, 0.05) is 4.47 Å². The largest absolute Gasteiger partial charge is 0.467 e. The molecule has 0 saturated heterocycles. The molecule has 1 aromatic rings. The Morgan fingerprint density at radius 3 is 2.48 bits per heavy atom. The first-order valence-corrected chi connectivity index (χ1v) is 6.98. The average molecular weight is 360 g/mol. The van der Waals surface area contributed by atoms with Gasteiger partial charge >= 0.3 is 12.1 Å². The van der Waals surface area contributed by atoms with E-state index >= 15 is 0 Å². The van der Waals surface area contributed by atoms with Gasteiger partial charge in [-0.15, -0.1) is 0 Å². The number of methoxy groups -OCH3 is 1. The molecule has 0 aliphatic heterocycles. The molecular weight excluding hydrogens is 342 g/mol. The van der Waals surface area contributed by atoms with Crippen molar-refractivity contribution in [1.29, 1.82) is 0 Å². The number of anilines is 1. The number of amides is 1. The van der Waals surface area contributed by atoms with Crippen molar-refractivity contribution in [1.82, 2.24) is 0 Å². The zero-order valence-corrected chi connectivity index (χ0v) is 13.9. The molecule has 0 fully saturated rings. The molecule has 2 N–H and O–H groups in total. The Morgan fingerprint density at radius 2 is 1.95 bits per heavy atom. The standard InChI is InChI=1S/C14H18BrNO5/c1-14(2,3)21-13(19)16-10-7-8(5-6-9(10)15)11(17)12(18)20-4/h5-7,11,17H,1-4H3,(H,16,19). The van der Waals surface area contributed by atoms with Crippen molar-refractivity contribution in [3.05, 3.63) is 28.2 Å². The molecule has 0 aliphatic carbocycles. The smallest absolute Gasteiger partial charge is 0.412 e. The maximum Gasteiger partial charge on any atom is 0.412 e. The molecule has 0 aromatic heterocycles. The van der Waals surface area contributed by atoms with Gasteiger partial charge in [0.2, 0.25) is 0 Å². The van der Waals surface area contributed by atoms with Gasteiger partial charge in [-0.05, 0) is 54.4 Å². The van der Waals surface area contributed by atoms with Gasteiger partial charge < -0.3 is 14.6 Å². The number of halogens is 1. The Morgan fingerprint density at radius 1 is 1.33 bits per heavy atom. The lowest BCUT2D eigenvalue weighted by Crippen LogP contribution is -2.27. The summed E-state index contributed by atoms with van der Waals surface area (Å²) >= 11 is 3.27. The number of benzene rings is 1. The summed E-state index contributed by atoms with van der Waals surface area (Å²) in [5.74, 6) is -0.777. The number of nitrogens with one attached hydrogen (secondary N) is 1. The fourth-order valence-corrected chi connectivity index (χ4v) is 1.82. The van der Waals surface area contributed by atoms with Crippen LogP contribution < -0.4 is 5.32 Å². The second kappa shape index (κ2) is 6.91. The molecule has 6 nitrogen and oxygen atoms in total. The van der Waals surface area contributed by atoms with Crippen LogP contribution >= 0.6 is 15.9 Å². The van der Waals surface area contributed by atoms with Crippen LogP contribution in [-0.4, -0.2) is 29.9 Å². The molecule has 0 bridgehead atoms.